The van der Waals surface area contributed by atoms with E-state index in [1.807, 2.05) is 31.2 Å². The Hall–Kier alpha value is -3.19. The maximum atomic E-state index is 12.3. The topological polar surface area (TPSA) is 87.3 Å². The van der Waals surface area contributed by atoms with Gasteiger partial charge in [0.05, 0.1) is 36.3 Å². The zero-order valence-corrected chi connectivity index (χ0v) is 15.4. The number of carbonyl (C=O) groups excluding carboxylic acids is 1. The normalized spacial score (nSPS) is 10.9. The van der Waals surface area contributed by atoms with Crippen LogP contribution in [0.3, 0.4) is 0 Å². The summed E-state index contributed by atoms with van der Waals surface area (Å²) in [6, 6.07) is 14.5. The molecule has 0 saturated heterocycles. The van der Waals surface area contributed by atoms with E-state index in [0.29, 0.717) is 41.3 Å². The highest BCUT2D eigenvalue weighted by Gasteiger charge is 2.12. The van der Waals surface area contributed by atoms with Crippen LogP contribution in [0.1, 0.15) is 12.7 Å². The summed E-state index contributed by atoms with van der Waals surface area (Å²) in [5.74, 6) is 0.980. The van der Waals surface area contributed by atoms with Crippen molar-refractivity contribution in [2.45, 2.75) is 13.5 Å². The molecule has 7 nitrogen and oxygen atoms in total. The molecule has 1 aromatic heterocycles. The number of rotatable bonds is 7. The van der Waals surface area contributed by atoms with Crippen molar-refractivity contribution >= 4 is 22.5 Å². The summed E-state index contributed by atoms with van der Waals surface area (Å²) < 4.78 is 5.51. The largest absolute Gasteiger partial charge is 0.492 e. The summed E-state index contributed by atoms with van der Waals surface area (Å²) >= 11 is 0. The maximum Gasteiger partial charge on any atom is 0.258 e. The Morgan fingerprint density at radius 2 is 1.93 bits per heavy atom. The lowest BCUT2D eigenvalue weighted by atomic mass is 10.2. The molecule has 0 fully saturated rings. The van der Waals surface area contributed by atoms with Crippen molar-refractivity contribution in [3.8, 4) is 5.75 Å². The lowest BCUT2D eigenvalue weighted by molar-refractivity contribution is -0.117. The van der Waals surface area contributed by atoms with Crippen LogP contribution in [0.4, 0.5) is 5.69 Å². The SMILES string of the molecule is CCOc1ccccc1NC(=O)CN(C)Cc1nc2ccccc2c(=O)[nH]1. The first kappa shape index (κ1) is 18.6. The van der Waals surface area contributed by atoms with Crippen molar-refractivity contribution in [1.29, 1.82) is 0 Å². The maximum absolute atomic E-state index is 12.3. The van der Waals surface area contributed by atoms with Gasteiger partial charge in [0.2, 0.25) is 5.91 Å². The summed E-state index contributed by atoms with van der Waals surface area (Å²) in [4.78, 5) is 33.5. The number of nitrogens with zero attached hydrogens (tertiary/aromatic N) is 2. The molecule has 0 radical (unpaired) electrons. The molecule has 0 aliphatic carbocycles. The van der Waals surface area contributed by atoms with Crippen molar-refractivity contribution in [1.82, 2.24) is 14.9 Å². The summed E-state index contributed by atoms with van der Waals surface area (Å²) in [6.45, 7) is 2.91. The summed E-state index contributed by atoms with van der Waals surface area (Å²) in [6.07, 6.45) is 0. The van der Waals surface area contributed by atoms with E-state index in [2.05, 4.69) is 15.3 Å². The number of likely N-dealkylation sites (N-methyl/N-ethyl adjacent to an activating group) is 1. The van der Waals surface area contributed by atoms with Crippen molar-refractivity contribution < 1.29 is 9.53 Å². The van der Waals surface area contributed by atoms with Gasteiger partial charge >= 0.3 is 0 Å². The third kappa shape index (κ3) is 4.71. The number of aromatic amines is 1. The van der Waals surface area contributed by atoms with Crippen molar-refractivity contribution in [2.24, 2.45) is 0 Å². The molecule has 1 amide bonds. The molecule has 0 unspecified atom stereocenters. The van der Waals surface area contributed by atoms with Gasteiger partial charge in [-0.25, -0.2) is 4.98 Å². The highest BCUT2D eigenvalue weighted by atomic mass is 16.5. The molecule has 3 aromatic rings. The molecule has 0 aliphatic heterocycles. The first-order valence-corrected chi connectivity index (χ1v) is 8.75. The number of aromatic nitrogens is 2. The summed E-state index contributed by atoms with van der Waals surface area (Å²) in [7, 11) is 1.79. The van der Waals surface area contributed by atoms with E-state index < -0.39 is 0 Å². The number of H-pyrrole nitrogens is 1. The van der Waals surface area contributed by atoms with Crippen LogP contribution in [-0.4, -0.2) is 41.0 Å². The number of nitrogens with one attached hydrogen (secondary N) is 2. The number of anilines is 1. The fourth-order valence-corrected chi connectivity index (χ4v) is 2.81. The molecule has 2 aromatic carbocycles. The summed E-state index contributed by atoms with van der Waals surface area (Å²) in [5.41, 5.74) is 1.09. The predicted molar refractivity (Wildman–Crippen MR) is 105 cm³/mol. The minimum absolute atomic E-state index is 0.150. The Kier molecular flexibility index (Phi) is 5.83. The number of benzene rings is 2. The zero-order chi connectivity index (χ0) is 19.2. The number of amides is 1. The standard InChI is InChI=1S/C20H22N4O3/c1-3-27-17-11-7-6-10-16(17)22-19(25)13-24(2)12-18-21-15-9-5-4-8-14(15)20(26)23-18/h4-11H,3,12-13H2,1-2H3,(H,22,25)(H,21,23,26). The van der Waals surface area contributed by atoms with Crippen LogP contribution in [0.2, 0.25) is 0 Å². The molecule has 27 heavy (non-hydrogen) atoms. The Morgan fingerprint density at radius 3 is 2.74 bits per heavy atom. The van der Waals surface area contributed by atoms with Gasteiger partial charge in [0.15, 0.2) is 0 Å². The molecule has 0 bridgehead atoms. The van der Waals surface area contributed by atoms with Crippen LogP contribution in [0.5, 0.6) is 5.75 Å². The average Bonchev–Trinajstić information content (AvgIpc) is 2.63. The molecular weight excluding hydrogens is 344 g/mol. The van der Waals surface area contributed by atoms with E-state index in [4.69, 9.17) is 4.74 Å². The van der Waals surface area contributed by atoms with Crippen molar-refractivity contribution in [2.75, 3.05) is 25.5 Å². The number of para-hydroxylation sites is 3. The van der Waals surface area contributed by atoms with E-state index in [9.17, 15) is 9.59 Å². The fourth-order valence-electron chi connectivity index (χ4n) is 2.81. The molecular formula is C20H22N4O3. The monoisotopic (exact) mass is 366 g/mol. The fraction of sp³-hybridized carbons (Fsp3) is 0.250. The molecule has 7 heteroatoms. The Morgan fingerprint density at radius 1 is 1.19 bits per heavy atom. The molecule has 140 valence electrons. The van der Waals surface area contributed by atoms with Gasteiger partial charge in [-0.15, -0.1) is 0 Å². The van der Waals surface area contributed by atoms with Gasteiger partial charge in [-0.05, 0) is 38.2 Å². The van der Waals surface area contributed by atoms with Gasteiger partial charge in [-0.1, -0.05) is 24.3 Å². The van der Waals surface area contributed by atoms with Gasteiger partial charge < -0.3 is 15.0 Å². The van der Waals surface area contributed by atoms with Gasteiger partial charge in [0.1, 0.15) is 11.6 Å². The number of hydrogen-bond donors (Lipinski definition) is 2. The lowest BCUT2D eigenvalue weighted by Gasteiger charge is -2.17. The molecule has 0 spiro atoms. The Bertz CT molecular complexity index is 1000. The second-order valence-electron chi connectivity index (χ2n) is 6.18. The minimum atomic E-state index is -0.181. The van der Waals surface area contributed by atoms with E-state index in [1.54, 1.807) is 36.2 Å². The van der Waals surface area contributed by atoms with E-state index >= 15 is 0 Å². The first-order chi connectivity index (χ1) is 13.1. The number of hydrogen-bond acceptors (Lipinski definition) is 5. The van der Waals surface area contributed by atoms with Gasteiger partial charge in [-0.3, -0.25) is 14.5 Å². The molecule has 1 heterocycles. The minimum Gasteiger partial charge on any atom is -0.492 e. The number of fused-ring (bicyclic) bond motifs is 1. The van der Waals surface area contributed by atoms with Gasteiger partial charge in [0.25, 0.3) is 5.56 Å². The average molecular weight is 366 g/mol. The molecule has 3 rings (SSSR count). The van der Waals surface area contributed by atoms with Gasteiger partial charge in [-0.2, -0.15) is 0 Å². The quantitative estimate of drug-likeness (QED) is 0.670. The molecule has 0 saturated carbocycles. The second kappa shape index (κ2) is 8.46. The van der Waals surface area contributed by atoms with Crippen LogP contribution in [0, 0.1) is 0 Å². The third-order valence-corrected chi connectivity index (χ3v) is 3.96. The van der Waals surface area contributed by atoms with Crippen molar-refractivity contribution in [3.63, 3.8) is 0 Å². The van der Waals surface area contributed by atoms with Crippen LogP contribution >= 0.6 is 0 Å². The molecule has 0 atom stereocenters. The van der Waals surface area contributed by atoms with Crippen LogP contribution in [0.25, 0.3) is 10.9 Å². The van der Waals surface area contributed by atoms with Crippen LogP contribution in [-0.2, 0) is 11.3 Å². The summed E-state index contributed by atoms with van der Waals surface area (Å²) in [5, 5.41) is 3.41. The van der Waals surface area contributed by atoms with Gasteiger partial charge in [0, 0.05) is 0 Å². The Labute approximate surface area is 157 Å². The first-order valence-electron chi connectivity index (χ1n) is 8.75. The second-order valence-corrected chi connectivity index (χ2v) is 6.18. The zero-order valence-electron chi connectivity index (χ0n) is 15.4. The number of carbonyl (C=O) groups is 1. The highest BCUT2D eigenvalue weighted by Crippen LogP contribution is 2.23. The van der Waals surface area contributed by atoms with E-state index in [1.165, 1.54) is 0 Å². The third-order valence-electron chi connectivity index (χ3n) is 3.96. The van der Waals surface area contributed by atoms with Crippen LogP contribution < -0.4 is 15.6 Å². The van der Waals surface area contributed by atoms with E-state index in [0.717, 1.165) is 0 Å². The molecule has 2 N–H and O–H groups in total. The lowest BCUT2D eigenvalue weighted by Crippen LogP contribution is -2.31. The number of ether oxygens (including phenoxy) is 1. The van der Waals surface area contributed by atoms with Crippen molar-refractivity contribution in [3.05, 3.63) is 64.7 Å². The predicted octanol–water partition coefficient (Wildman–Crippen LogP) is 2.39. The van der Waals surface area contributed by atoms with E-state index in [-0.39, 0.29) is 18.0 Å². The smallest absolute Gasteiger partial charge is 0.258 e. The highest BCUT2D eigenvalue weighted by molar-refractivity contribution is 5.93. The van der Waals surface area contributed by atoms with Crippen LogP contribution in [0.15, 0.2) is 53.3 Å². The Balaban J connectivity index is 1.65. The molecule has 0 aliphatic rings.